The zero-order valence-corrected chi connectivity index (χ0v) is 12.0. The number of hydrogen-bond acceptors (Lipinski definition) is 5. The van der Waals surface area contributed by atoms with Gasteiger partial charge < -0.3 is 14.7 Å². The van der Waals surface area contributed by atoms with Crippen LogP contribution in [-0.4, -0.2) is 24.5 Å². The van der Waals surface area contributed by atoms with Crippen LogP contribution in [0, 0.1) is 0 Å². The molecule has 5 heteroatoms. The van der Waals surface area contributed by atoms with Gasteiger partial charge in [-0.15, -0.1) is 0 Å². The predicted molar refractivity (Wildman–Crippen MR) is 83.5 cm³/mol. The minimum Gasteiger partial charge on any atom is -0.493 e. The van der Waals surface area contributed by atoms with Crippen molar-refractivity contribution in [2.24, 2.45) is 5.16 Å². The fourth-order valence-corrected chi connectivity index (χ4v) is 1.79. The van der Waals surface area contributed by atoms with Crippen LogP contribution in [0.1, 0.15) is 11.1 Å². The summed E-state index contributed by atoms with van der Waals surface area (Å²) in [5.74, 6) is 0.157. The van der Waals surface area contributed by atoms with Crippen molar-refractivity contribution in [1.82, 2.24) is 0 Å². The molecule has 2 aromatic carbocycles. The summed E-state index contributed by atoms with van der Waals surface area (Å²) in [6.07, 6.45) is 4.27. The Morgan fingerprint density at radius 2 is 1.86 bits per heavy atom. The number of rotatable bonds is 5. The second-order valence-electron chi connectivity index (χ2n) is 4.32. The van der Waals surface area contributed by atoms with Gasteiger partial charge in [0.1, 0.15) is 0 Å². The molecule has 0 atom stereocenters. The molecule has 2 rings (SSSR count). The molecule has 0 radical (unpaired) electrons. The molecule has 0 unspecified atom stereocenters. The van der Waals surface area contributed by atoms with Gasteiger partial charge in [0.25, 0.3) is 0 Å². The molecule has 112 valence electrons. The lowest BCUT2D eigenvalue weighted by Crippen LogP contribution is -2.05. The molecule has 2 aromatic rings. The highest BCUT2D eigenvalue weighted by molar-refractivity contribution is 5.89. The Bertz CT molecular complexity index is 693. The molecule has 0 amide bonds. The van der Waals surface area contributed by atoms with E-state index in [0.717, 1.165) is 5.56 Å². The van der Waals surface area contributed by atoms with Crippen LogP contribution in [0.2, 0.25) is 0 Å². The Morgan fingerprint density at radius 3 is 2.55 bits per heavy atom. The quantitative estimate of drug-likeness (QED) is 0.230. The predicted octanol–water partition coefficient (Wildman–Crippen LogP) is 3.12. The molecule has 0 fully saturated rings. The summed E-state index contributed by atoms with van der Waals surface area (Å²) in [5.41, 5.74) is 1.53. The van der Waals surface area contributed by atoms with Crippen LogP contribution in [0.3, 0.4) is 0 Å². The number of methoxy groups -OCH3 is 1. The van der Waals surface area contributed by atoms with Crippen molar-refractivity contribution in [2.45, 2.75) is 0 Å². The van der Waals surface area contributed by atoms with E-state index in [1.165, 1.54) is 19.4 Å². The van der Waals surface area contributed by atoms with Crippen LogP contribution in [0.25, 0.3) is 6.08 Å². The lowest BCUT2D eigenvalue weighted by atomic mass is 10.2. The van der Waals surface area contributed by atoms with Crippen molar-refractivity contribution in [3.05, 3.63) is 65.7 Å². The summed E-state index contributed by atoms with van der Waals surface area (Å²) < 4.78 is 10.4. The van der Waals surface area contributed by atoms with Gasteiger partial charge in [-0.1, -0.05) is 35.5 Å². The Balaban J connectivity index is 2.09. The number of esters is 1. The van der Waals surface area contributed by atoms with E-state index in [1.807, 2.05) is 30.3 Å². The normalized spacial score (nSPS) is 11.0. The number of oxime groups is 1. The van der Waals surface area contributed by atoms with Crippen molar-refractivity contribution in [3.8, 4) is 11.5 Å². The molecule has 0 aliphatic carbocycles. The van der Waals surface area contributed by atoms with E-state index in [4.69, 9.17) is 14.7 Å². The minimum atomic E-state index is -0.509. The third-order valence-electron chi connectivity index (χ3n) is 2.82. The van der Waals surface area contributed by atoms with Crippen LogP contribution < -0.4 is 9.47 Å². The molecule has 0 aromatic heterocycles. The first-order valence-corrected chi connectivity index (χ1v) is 6.53. The lowest BCUT2D eigenvalue weighted by Gasteiger charge is -2.08. The summed E-state index contributed by atoms with van der Waals surface area (Å²) in [4.78, 5) is 11.8. The number of benzene rings is 2. The Hall–Kier alpha value is -3.08. The molecule has 0 heterocycles. The third kappa shape index (κ3) is 4.21. The summed E-state index contributed by atoms with van der Waals surface area (Å²) in [7, 11) is 1.46. The van der Waals surface area contributed by atoms with Gasteiger partial charge in [0.05, 0.1) is 13.3 Å². The summed E-state index contributed by atoms with van der Waals surface area (Å²) in [5, 5.41) is 11.4. The SMILES string of the molecule is COc1cc(C=NO)ccc1OC(=O)C=Cc1ccccc1. The van der Waals surface area contributed by atoms with Gasteiger partial charge in [0.15, 0.2) is 11.5 Å². The summed E-state index contributed by atoms with van der Waals surface area (Å²) in [6.45, 7) is 0. The molecule has 0 bridgehead atoms. The van der Waals surface area contributed by atoms with Crippen molar-refractivity contribution in [3.63, 3.8) is 0 Å². The van der Waals surface area contributed by atoms with E-state index in [1.54, 1.807) is 24.3 Å². The van der Waals surface area contributed by atoms with E-state index in [2.05, 4.69) is 5.16 Å². The zero-order chi connectivity index (χ0) is 15.8. The number of carbonyl (C=O) groups excluding carboxylic acids is 1. The monoisotopic (exact) mass is 297 g/mol. The number of hydrogen-bond donors (Lipinski definition) is 1. The average molecular weight is 297 g/mol. The fraction of sp³-hybridized carbons (Fsp3) is 0.0588. The Labute approximate surface area is 128 Å². The van der Waals surface area contributed by atoms with Crippen molar-refractivity contribution < 1.29 is 19.5 Å². The molecular formula is C17H15NO4. The van der Waals surface area contributed by atoms with Crippen LogP contribution in [0.4, 0.5) is 0 Å². The highest BCUT2D eigenvalue weighted by Crippen LogP contribution is 2.27. The molecule has 0 aliphatic heterocycles. The van der Waals surface area contributed by atoms with Gasteiger partial charge in [-0.05, 0) is 29.8 Å². The van der Waals surface area contributed by atoms with Crippen molar-refractivity contribution >= 4 is 18.3 Å². The van der Waals surface area contributed by atoms with Crippen LogP contribution >= 0.6 is 0 Å². The highest BCUT2D eigenvalue weighted by atomic mass is 16.6. The molecule has 1 N–H and O–H groups in total. The molecule has 5 nitrogen and oxygen atoms in total. The second-order valence-corrected chi connectivity index (χ2v) is 4.32. The maximum Gasteiger partial charge on any atom is 0.336 e. The maximum atomic E-state index is 11.8. The molecule has 0 spiro atoms. The minimum absolute atomic E-state index is 0.292. The lowest BCUT2D eigenvalue weighted by molar-refractivity contribution is -0.129. The largest absolute Gasteiger partial charge is 0.493 e. The third-order valence-corrected chi connectivity index (χ3v) is 2.82. The second kappa shape index (κ2) is 7.64. The van der Waals surface area contributed by atoms with Crippen LogP contribution in [0.5, 0.6) is 11.5 Å². The standard InChI is InChI=1S/C17H15NO4/c1-21-16-11-14(12-18-20)7-9-15(16)22-17(19)10-8-13-5-3-2-4-6-13/h2-12,20H,1H3. The van der Waals surface area contributed by atoms with Gasteiger partial charge in [-0.2, -0.15) is 0 Å². The topological polar surface area (TPSA) is 68.1 Å². The fourth-order valence-electron chi connectivity index (χ4n) is 1.79. The smallest absolute Gasteiger partial charge is 0.336 e. The van der Waals surface area contributed by atoms with Crippen LogP contribution in [0.15, 0.2) is 59.8 Å². The number of carbonyl (C=O) groups is 1. The number of ether oxygens (including phenoxy) is 2. The van der Waals surface area contributed by atoms with Crippen molar-refractivity contribution in [1.29, 1.82) is 0 Å². The Kier molecular flexibility index (Phi) is 5.31. The Morgan fingerprint density at radius 1 is 1.09 bits per heavy atom. The van der Waals surface area contributed by atoms with E-state index < -0.39 is 5.97 Å². The van der Waals surface area contributed by atoms with Crippen molar-refractivity contribution in [2.75, 3.05) is 7.11 Å². The molecule has 0 aliphatic rings. The van der Waals surface area contributed by atoms with Gasteiger partial charge in [-0.3, -0.25) is 0 Å². The highest BCUT2D eigenvalue weighted by Gasteiger charge is 2.08. The van der Waals surface area contributed by atoms with Crippen LogP contribution in [-0.2, 0) is 4.79 Å². The van der Waals surface area contributed by atoms with E-state index in [9.17, 15) is 4.79 Å². The first-order chi connectivity index (χ1) is 10.7. The molecule has 0 saturated heterocycles. The zero-order valence-electron chi connectivity index (χ0n) is 12.0. The summed E-state index contributed by atoms with van der Waals surface area (Å²) >= 11 is 0. The molecular weight excluding hydrogens is 282 g/mol. The van der Waals surface area contributed by atoms with E-state index in [0.29, 0.717) is 17.1 Å². The van der Waals surface area contributed by atoms with Gasteiger partial charge >= 0.3 is 5.97 Å². The molecule has 22 heavy (non-hydrogen) atoms. The molecule has 0 saturated carbocycles. The number of nitrogens with zero attached hydrogens (tertiary/aromatic N) is 1. The average Bonchev–Trinajstić information content (AvgIpc) is 2.55. The van der Waals surface area contributed by atoms with Gasteiger partial charge in [-0.25, -0.2) is 4.79 Å². The summed E-state index contributed by atoms with van der Waals surface area (Å²) in [6, 6.07) is 14.3. The first kappa shape index (κ1) is 15.3. The van der Waals surface area contributed by atoms with E-state index >= 15 is 0 Å². The van der Waals surface area contributed by atoms with Gasteiger partial charge in [0.2, 0.25) is 0 Å². The van der Waals surface area contributed by atoms with Gasteiger partial charge in [0, 0.05) is 11.6 Å². The maximum absolute atomic E-state index is 11.8. The van der Waals surface area contributed by atoms with E-state index in [-0.39, 0.29) is 0 Å². The first-order valence-electron chi connectivity index (χ1n) is 6.53.